The molecule has 0 atom stereocenters. The number of rotatable bonds is 7. The maximum Gasteiger partial charge on any atom is 0.277 e. The van der Waals surface area contributed by atoms with Gasteiger partial charge in [-0.1, -0.05) is 35.7 Å². The number of nitrogens with one attached hydrogen (secondary N) is 1. The lowest BCUT2D eigenvalue weighted by Crippen LogP contribution is -2.24. The Bertz CT molecular complexity index is 769. The van der Waals surface area contributed by atoms with Crippen molar-refractivity contribution in [1.29, 1.82) is 0 Å². The second-order valence-electron chi connectivity index (χ2n) is 4.57. The van der Waals surface area contributed by atoms with Crippen LogP contribution < -0.4 is 14.9 Å². The molecular formula is C18H15ClN2O3. The van der Waals surface area contributed by atoms with E-state index in [0.29, 0.717) is 22.1 Å². The number of carbonyl (C=O) groups is 1. The Morgan fingerprint density at radius 1 is 1.25 bits per heavy atom. The number of carbonyl (C=O) groups excluding carboxylic acids is 1. The van der Waals surface area contributed by atoms with Crippen LogP contribution in [0.15, 0.2) is 53.6 Å². The van der Waals surface area contributed by atoms with Gasteiger partial charge in [-0.15, -0.1) is 6.42 Å². The first kappa shape index (κ1) is 17.4. The van der Waals surface area contributed by atoms with Crippen LogP contribution in [0.4, 0.5) is 0 Å². The smallest absolute Gasteiger partial charge is 0.277 e. The van der Waals surface area contributed by atoms with Crippen LogP contribution in [0, 0.1) is 12.3 Å². The summed E-state index contributed by atoms with van der Waals surface area (Å²) >= 11 is 5.83. The van der Waals surface area contributed by atoms with Crippen LogP contribution in [0.25, 0.3) is 0 Å². The molecule has 0 aliphatic carbocycles. The second-order valence-corrected chi connectivity index (χ2v) is 5.01. The Morgan fingerprint density at radius 2 is 2.08 bits per heavy atom. The number of terminal acetylenes is 1. The number of halogens is 1. The highest BCUT2D eigenvalue weighted by Gasteiger charge is 2.03. The first-order chi connectivity index (χ1) is 11.7. The van der Waals surface area contributed by atoms with Gasteiger partial charge in [0.1, 0.15) is 18.1 Å². The number of ether oxygens (including phenoxy) is 2. The van der Waals surface area contributed by atoms with Gasteiger partial charge in [0.25, 0.3) is 5.91 Å². The van der Waals surface area contributed by atoms with Crippen LogP contribution >= 0.6 is 11.6 Å². The molecule has 2 aromatic rings. The molecule has 0 heterocycles. The van der Waals surface area contributed by atoms with Crippen LogP contribution in [-0.4, -0.2) is 25.3 Å². The predicted octanol–water partition coefficient (Wildman–Crippen LogP) is 2.88. The topological polar surface area (TPSA) is 59.9 Å². The Morgan fingerprint density at radius 3 is 2.88 bits per heavy atom. The molecule has 2 rings (SSSR count). The van der Waals surface area contributed by atoms with E-state index >= 15 is 0 Å². The minimum atomic E-state index is -0.395. The molecule has 0 unspecified atom stereocenters. The zero-order valence-electron chi connectivity index (χ0n) is 12.7. The average Bonchev–Trinajstić information content (AvgIpc) is 2.59. The quantitative estimate of drug-likeness (QED) is 0.478. The number of nitrogens with zero attached hydrogens (tertiary/aromatic N) is 1. The van der Waals surface area contributed by atoms with E-state index in [4.69, 9.17) is 27.5 Å². The first-order valence-corrected chi connectivity index (χ1v) is 7.42. The summed E-state index contributed by atoms with van der Waals surface area (Å²) < 4.78 is 10.7. The maximum atomic E-state index is 11.7. The standard InChI is InChI=1S/C18H15ClN2O3/c1-2-10-23-17-9-4-3-6-14(17)12-20-21-18(22)13-24-16-8-5-7-15(19)11-16/h1,3-9,11-12H,10,13H2,(H,21,22). The summed E-state index contributed by atoms with van der Waals surface area (Å²) in [4.78, 5) is 11.7. The molecule has 1 N–H and O–H groups in total. The molecule has 0 aromatic heterocycles. The largest absolute Gasteiger partial charge is 0.484 e. The van der Waals surface area contributed by atoms with Crippen molar-refractivity contribution in [2.24, 2.45) is 5.10 Å². The van der Waals surface area contributed by atoms with E-state index in [1.165, 1.54) is 6.21 Å². The summed E-state index contributed by atoms with van der Waals surface area (Å²) in [5, 5.41) is 4.41. The van der Waals surface area contributed by atoms with E-state index in [-0.39, 0.29) is 13.2 Å². The Hall–Kier alpha value is -2.97. The Kier molecular flexibility index (Phi) is 6.69. The third kappa shape index (κ3) is 5.67. The van der Waals surface area contributed by atoms with E-state index in [1.54, 1.807) is 36.4 Å². The van der Waals surface area contributed by atoms with Crippen LogP contribution in [-0.2, 0) is 4.79 Å². The van der Waals surface area contributed by atoms with Gasteiger partial charge in [-0.2, -0.15) is 5.10 Å². The molecule has 0 aliphatic heterocycles. The van der Waals surface area contributed by atoms with Gasteiger partial charge >= 0.3 is 0 Å². The third-order valence-corrected chi connectivity index (χ3v) is 3.02. The fourth-order valence-corrected chi connectivity index (χ4v) is 1.93. The minimum absolute atomic E-state index is 0.157. The lowest BCUT2D eigenvalue weighted by atomic mass is 10.2. The van der Waals surface area contributed by atoms with Crippen molar-refractivity contribution in [3.8, 4) is 23.8 Å². The summed E-state index contributed by atoms with van der Waals surface area (Å²) in [7, 11) is 0. The lowest BCUT2D eigenvalue weighted by molar-refractivity contribution is -0.123. The molecule has 0 saturated carbocycles. The molecule has 24 heavy (non-hydrogen) atoms. The van der Waals surface area contributed by atoms with E-state index in [2.05, 4.69) is 16.4 Å². The number of para-hydroxylation sites is 1. The molecule has 0 saturated heterocycles. The monoisotopic (exact) mass is 342 g/mol. The number of hydrazone groups is 1. The molecule has 5 nitrogen and oxygen atoms in total. The molecule has 122 valence electrons. The van der Waals surface area contributed by atoms with E-state index < -0.39 is 5.91 Å². The zero-order chi connectivity index (χ0) is 17.2. The molecule has 0 aliphatic rings. The summed E-state index contributed by atoms with van der Waals surface area (Å²) in [6.45, 7) is -0.0163. The van der Waals surface area contributed by atoms with Crippen molar-refractivity contribution < 1.29 is 14.3 Å². The van der Waals surface area contributed by atoms with Crippen molar-refractivity contribution in [3.63, 3.8) is 0 Å². The lowest BCUT2D eigenvalue weighted by Gasteiger charge is -2.06. The number of hydrogen-bond acceptors (Lipinski definition) is 4. The molecule has 0 bridgehead atoms. The van der Waals surface area contributed by atoms with Crippen LogP contribution in [0.1, 0.15) is 5.56 Å². The maximum absolute atomic E-state index is 11.7. The van der Waals surface area contributed by atoms with Gasteiger partial charge in [0, 0.05) is 10.6 Å². The zero-order valence-corrected chi connectivity index (χ0v) is 13.5. The normalized spacial score (nSPS) is 10.2. The van der Waals surface area contributed by atoms with Crippen LogP contribution in [0.3, 0.4) is 0 Å². The summed E-state index contributed by atoms with van der Waals surface area (Å²) in [6, 6.07) is 14.0. The predicted molar refractivity (Wildman–Crippen MR) is 93.5 cm³/mol. The Labute approximate surface area is 145 Å². The van der Waals surface area contributed by atoms with Gasteiger partial charge in [-0.3, -0.25) is 4.79 Å². The molecule has 0 radical (unpaired) electrons. The minimum Gasteiger partial charge on any atom is -0.484 e. The fraction of sp³-hybridized carbons (Fsp3) is 0.111. The summed E-state index contributed by atoms with van der Waals surface area (Å²) in [6.07, 6.45) is 6.64. The number of hydrogen-bond donors (Lipinski definition) is 1. The highest BCUT2D eigenvalue weighted by atomic mass is 35.5. The molecule has 6 heteroatoms. The van der Waals surface area contributed by atoms with Crippen LogP contribution in [0.2, 0.25) is 5.02 Å². The molecular weight excluding hydrogens is 328 g/mol. The fourth-order valence-electron chi connectivity index (χ4n) is 1.75. The van der Waals surface area contributed by atoms with E-state index in [1.807, 2.05) is 12.1 Å². The van der Waals surface area contributed by atoms with Crippen LogP contribution in [0.5, 0.6) is 11.5 Å². The van der Waals surface area contributed by atoms with Gasteiger partial charge in [-0.05, 0) is 30.3 Å². The van der Waals surface area contributed by atoms with Gasteiger partial charge in [0.05, 0.1) is 6.21 Å². The second kappa shape index (κ2) is 9.23. The number of benzene rings is 2. The van der Waals surface area contributed by atoms with Crippen molar-refractivity contribution in [3.05, 3.63) is 59.1 Å². The van der Waals surface area contributed by atoms with Gasteiger partial charge < -0.3 is 9.47 Å². The highest BCUT2D eigenvalue weighted by molar-refractivity contribution is 6.30. The highest BCUT2D eigenvalue weighted by Crippen LogP contribution is 2.17. The van der Waals surface area contributed by atoms with Crippen molar-refractivity contribution >= 4 is 23.7 Å². The van der Waals surface area contributed by atoms with Crippen molar-refractivity contribution in [2.75, 3.05) is 13.2 Å². The Balaban J connectivity index is 1.85. The number of amides is 1. The molecule has 0 fully saturated rings. The van der Waals surface area contributed by atoms with Gasteiger partial charge in [0.2, 0.25) is 0 Å². The van der Waals surface area contributed by atoms with E-state index in [0.717, 1.165) is 0 Å². The molecule has 1 amide bonds. The van der Waals surface area contributed by atoms with Crippen molar-refractivity contribution in [1.82, 2.24) is 5.43 Å². The summed E-state index contributed by atoms with van der Waals surface area (Å²) in [5.74, 6) is 3.09. The summed E-state index contributed by atoms with van der Waals surface area (Å²) in [5.41, 5.74) is 3.07. The van der Waals surface area contributed by atoms with Gasteiger partial charge in [-0.25, -0.2) is 5.43 Å². The molecule has 0 spiro atoms. The van der Waals surface area contributed by atoms with Gasteiger partial charge in [0.15, 0.2) is 6.61 Å². The third-order valence-electron chi connectivity index (χ3n) is 2.79. The van der Waals surface area contributed by atoms with E-state index in [9.17, 15) is 4.79 Å². The van der Waals surface area contributed by atoms with Crippen molar-refractivity contribution in [2.45, 2.75) is 0 Å². The first-order valence-electron chi connectivity index (χ1n) is 7.04. The molecule has 2 aromatic carbocycles. The SMILES string of the molecule is C#CCOc1ccccc1C=NNC(=O)COc1cccc(Cl)c1. The average molecular weight is 343 g/mol.